The lowest BCUT2D eigenvalue weighted by Crippen LogP contribution is -2.14. The van der Waals surface area contributed by atoms with Crippen molar-refractivity contribution < 1.29 is 4.92 Å². The van der Waals surface area contributed by atoms with Gasteiger partial charge in [0, 0.05) is 50.1 Å². The Hall–Kier alpha value is -6.68. The number of rotatable bonds is 1. The number of fused-ring (bicyclic) bond motifs is 10. The fraction of sp³-hybridized carbons (Fsp3) is 0. The van der Waals surface area contributed by atoms with Crippen molar-refractivity contribution in [1.82, 2.24) is 18.8 Å². The molecule has 0 fully saturated rings. The topological polar surface area (TPSA) is 138 Å². The number of nitrogen functional groups attached to an aromatic ring is 1. The van der Waals surface area contributed by atoms with Crippen LogP contribution in [0.25, 0.3) is 98.0 Å². The third kappa shape index (κ3) is 2.54. The minimum Gasteiger partial charge on any atom is -0.399 e. The molecule has 11 rings (SSSR count). The van der Waals surface area contributed by atoms with Gasteiger partial charge in [-0.25, -0.2) is 9.97 Å². The number of non-ortho nitro benzene ring substituents is 1. The molecule has 0 aliphatic rings. The summed E-state index contributed by atoms with van der Waals surface area (Å²) in [6.07, 6.45) is 0. The van der Waals surface area contributed by atoms with Crippen LogP contribution in [0.3, 0.4) is 0 Å². The standard InChI is InChI=1S/C36H16N6O4/c37-15-1-11-25-27(13-15)40-33(38-25)21-7-3-17-20-6-10-24-32-22(34-39-26-12-2-16(42(45)46)14-28(26)41(34)36(24)44)8-4-18(30(20)32)19-5-9-23(35(40)43)31(21)29(17)19/h1-14H,37H2. The first-order valence-electron chi connectivity index (χ1n) is 14.6. The van der Waals surface area contributed by atoms with E-state index in [0.29, 0.717) is 49.8 Å². The largest absolute Gasteiger partial charge is 0.399 e. The molecule has 0 aliphatic carbocycles. The Morgan fingerprint density at radius 3 is 1.46 bits per heavy atom. The first kappa shape index (κ1) is 23.7. The van der Waals surface area contributed by atoms with Gasteiger partial charge in [-0.3, -0.25) is 28.5 Å². The fourth-order valence-corrected chi connectivity index (χ4v) is 7.90. The van der Waals surface area contributed by atoms with E-state index >= 15 is 0 Å². The molecule has 2 N–H and O–H groups in total. The number of nitro benzene ring substituents is 1. The first-order chi connectivity index (χ1) is 22.4. The number of hydrogen-bond donors (Lipinski definition) is 1. The van der Waals surface area contributed by atoms with Gasteiger partial charge in [0.25, 0.3) is 16.8 Å². The molecule has 10 nitrogen and oxygen atoms in total. The van der Waals surface area contributed by atoms with Crippen LogP contribution in [0.1, 0.15) is 0 Å². The molecule has 4 heterocycles. The average molecular weight is 597 g/mol. The molecule has 0 bridgehead atoms. The molecule has 11 aromatic rings. The third-order valence-corrected chi connectivity index (χ3v) is 9.78. The van der Waals surface area contributed by atoms with Gasteiger partial charge in [-0.05, 0) is 80.8 Å². The summed E-state index contributed by atoms with van der Waals surface area (Å²) in [4.78, 5) is 48.8. The maximum absolute atomic E-state index is 14.1. The molecular formula is C36H16N6O4. The van der Waals surface area contributed by atoms with Crippen LogP contribution in [-0.2, 0) is 0 Å². The van der Waals surface area contributed by atoms with E-state index in [0.717, 1.165) is 53.9 Å². The molecule has 0 radical (unpaired) electrons. The van der Waals surface area contributed by atoms with E-state index in [2.05, 4.69) is 6.07 Å². The maximum atomic E-state index is 14.1. The van der Waals surface area contributed by atoms with Gasteiger partial charge in [0.15, 0.2) is 0 Å². The fourth-order valence-electron chi connectivity index (χ4n) is 7.90. The van der Waals surface area contributed by atoms with E-state index in [1.807, 2.05) is 48.5 Å². The molecule has 0 unspecified atom stereocenters. The Kier molecular flexibility index (Phi) is 3.87. The maximum Gasteiger partial charge on any atom is 0.271 e. The van der Waals surface area contributed by atoms with Crippen LogP contribution in [-0.4, -0.2) is 23.7 Å². The van der Waals surface area contributed by atoms with Crippen LogP contribution in [0.4, 0.5) is 11.4 Å². The number of aromatic nitrogens is 4. The molecule has 0 saturated carbocycles. The normalized spacial score (nSPS) is 12.8. The van der Waals surface area contributed by atoms with E-state index in [1.165, 1.54) is 16.5 Å². The SMILES string of the molecule is Nc1ccc2nc3c4ccc5c6ccc7c(=O)n8c9cc([N+](=O)[O-])ccc9nc8c8ccc(c9ccc(c(=O)n3c2c1)c4c59)c6c78. The van der Waals surface area contributed by atoms with Crippen LogP contribution < -0.4 is 16.9 Å². The van der Waals surface area contributed by atoms with Crippen molar-refractivity contribution >= 4 is 109 Å². The Balaban J connectivity index is 1.34. The Morgan fingerprint density at radius 2 is 0.957 bits per heavy atom. The number of imidazole rings is 2. The van der Waals surface area contributed by atoms with Crippen molar-refractivity contribution in [3.05, 3.63) is 116 Å². The second-order valence-corrected chi connectivity index (χ2v) is 12.0. The van der Waals surface area contributed by atoms with Gasteiger partial charge >= 0.3 is 0 Å². The highest BCUT2D eigenvalue weighted by Gasteiger charge is 2.24. The van der Waals surface area contributed by atoms with Crippen LogP contribution in [0.15, 0.2) is 94.5 Å². The van der Waals surface area contributed by atoms with E-state index in [4.69, 9.17) is 15.7 Å². The highest BCUT2D eigenvalue weighted by atomic mass is 16.6. The second kappa shape index (κ2) is 7.51. The number of nitrogens with two attached hydrogens (primary N) is 1. The predicted octanol–water partition coefficient (Wildman–Crippen LogP) is 6.73. The third-order valence-electron chi connectivity index (χ3n) is 9.78. The number of nitro groups is 1. The quantitative estimate of drug-likeness (QED) is 0.0729. The molecule has 4 aromatic heterocycles. The molecule has 0 amide bonds. The summed E-state index contributed by atoms with van der Waals surface area (Å²) < 4.78 is 3.13. The van der Waals surface area contributed by atoms with Crippen LogP contribution in [0, 0.1) is 10.1 Å². The number of pyridine rings is 2. The molecular weight excluding hydrogens is 580 g/mol. The van der Waals surface area contributed by atoms with Crippen LogP contribution >= 0.6 is 0 Å². The summed E-state index contributed by atoms with van der Waals surface area (Å²) in [6, 6.07) is 25.6. The summed E-state index contributed by atoms with van der Waals surface area (Å²) in [5, 5.41) is 21.7. The van der Waals surface area contributed by atoms with E-state index in [-0.39, 0.29) is 16.8 Å². The number of anilines is 1. The van der Waals surface area contributed by atoms with Crippen molar-refractivity contribution in [3.8, 4) is 0 Å². The van der Waals surface area contributed by atoms with Gasteiger partial charge in [-0.1, -0.05) is 24.3 Å². The molecule has 46 heavy (non-hydrogen) atoms. The Morgan fingerprint density at radius 1 is 0.543 bits per heavy atom. The lowest BCUT2D eigenvalue weighted by molar-refractivity contribution is -0.384. The number of nitrogens with zero attached hydrogens (tertiary/aromatic N) is 5. The van der Waals surface area contributed by atoms with Crippen molar-refractivity contribution in [2.45, 2.75) is 0 Å². The monoisotopic (exact) mass is 596 g/mol. The summed E-state index contributed by atoms with van der Waals surface area (Å²) in [7, 11) is 0. The van der Waals surface area contributed by atoms with Gasteiger partial charge in [-0.2, -0.15) is 0 Å². The summed E-state index contributed by atoms with van der Waals surface area (Å²) in [5.74, 6) is 0. The molecule has 10 heteroatoms. The molecule has 214 valence electrons. The Labute approximate surface area is 254 Å². The zero-order valence-corrected chi connectivity index (χ0v) is 23.5. The molecule has 0 atom stereocenters. The average Bonchev–Trinajstić information content (AvgIpc) is 3.64. The highest BCUT2D eigenvalue weighted by molar-refractivity contribution is 6.40. The zero-order chi connectivity index (χ0) is 30.7. The van der Waals surface area contributed by atoms with Crippen molar-refractivity contribution in [2.75, 3.05) is 5.73 Å². The predicted molar refractivity (Wildman–Crippen MR) is 181 cm³/mol. The van der Waals surface area contributed by atoms with E-state index in [1.54, 1.807) is 22.6 Å². The van der Waals surface area contributed by atoms with E-state index in [9.17, 15) is 19.7 Å². The van der Waals surface area contributed by atoms with Crippen molar-refractivity contribution in [2.24, 2.45) is 0 Å². The van der Waals surface area contributed by atoms with Crippen LogP contribution in [0.2, 0.25) is 0 Å². The van der Waals surface area contributed by atoms with Crippen LogP contribution in [0.5, 0.6) is 0 Å². The van der Waals surface area contributed by atoms with Gasteiger partial charge < -0.3 is 5.73 Å². The number of benzene rings is 7. The Bertz CT molecular complexity index is 3330. The minimum absolute atomic E-state index is 0.103. The second-order valence-electron chi connectivity index (χ2n) is 12.0. The first-order valence-corrected chi connectivity index (χ1v) is 14.6. The highest BCUT2D eigenvalue weighted by Crippen LogP contribution is 2.45. The summed E-state index contributed by atoms with van der Waals surface area (Å²) >= 11 is 0. The lowest BCUT2D eigenvalue weighted by atomic mass is 9.86. The molecule has 0 saturated heterocycles. The molecule has 7 aromatic carbocycles. The van der Waals surface area contributed by atoms with E-state index < -0.39 is 4.92 Å². The van der Waals surface area contributed by atoms with Gasteiger partial charge in [0.1, 0.15) is 11.3 Å². The number of hydrogen-bond acceptors (Lipinski definition) is 7. The van der Waals surface area contributed by atoms with Crippen molar-refractivity contribution in [1.29, 1.82) is 0 Å². The summed E-state index contributed by atoms with van der Waals surface area (Å²) in [6.45, 7) is 0. The molecule has 0 aliphatic heterocycles. The lowest BCUT2D eigenvalue weighted by Gasteiger charge is -2.18. The van der Waals surface area contributed by atoms with Gasteiger partial charge in [-0.15, -0.1) is 0 Å². The smallest absolute Gasteiger partial charge is 0.271 e. The van der Waals surface area contributed by atoms with Gasteiger partial charge in [0.05, 0.1) is 27.0 Å². The van der Waals surface area contributed by atoms with Crippen molar-refractivity contribution in [3.63, 3.8) is 0 Å². The molecule has 0 spiro atoms. The van der Waals surface area contributed by atoms with Gasteiger partial charge in [0.2, 0.25) is 0 Å². The summed E-state index contributed by atoms with van der Waals surface area (Å²) in [5.41, 5.74) is 9.43. The zero-order valence-electron chi connectivity index (χ0n) is 23.5. The minimum atomic E-state index is -0.473.